The summed E-state index contributed by atoms with van der Waals surface area (Å²) in [6.07, 6.45) is -3.14. The summed E-state index contributed by atoms with van der Waals surface area (Å²) in [7, 11) is 0. The summed E-state index contributed by atoms with van der Waals surface area (Å²) < 4.78 is 36.5. The maximum Gasteiger partial charge on any atom is 0.242 e. The van der Waals surface area contributed by atoms with Crippen molar-refractivity contribution in [1.29, 1.82) is 5.26 Å². The van der Waals surface area contributed by atoms with Crippen molar-refractivity contribution in [2.45, 2.75) is 12.8 Å². The molecule has 1 nitrogen and oxygen atoms in total. The molecule has 0 saturated carbocycles. The van der Waals surface area contributed by atoms with E-state index < -0.39 is 18.7 Å². The fourth-order valence-corrected chi connectivity index (χ4v) is 1.01. The van der Waals surface area contributed by atoms with Crippen molar-refractivity contribution in [3.05, 3.63) is 35.1 Å². The van der Waals surface area contributed by atoms with Gasteiger partial charge in [-0.3, -0.25) is 0 Å². The molecule has 1 rings (SSSR count). The third-order valence-corrected chi connectivity index (χ3v) is 1.56. The molecule has 0 aliphatic rings. The Morgan fingerprint density at radius 3 is 2.62 bits per heavy atom. The molecular formula is C9H6F3N. The summed E-state index contributed by atoms with van der Waals surface area (Å²) in [6.45, 7) is 0. The van der Waals surface area contributed by atoms with Crippen LogP contribution in [0.15, 0.2) is 18.2 Å². The molecule has 13 heavy (non-hydrogen) atoms. The number of rotatable bonds is 2. The second kappa shape index (κ2) is 3.94. The third-order valence-electron chi connectivity index (χ3n) is 1.56. The zero-order valence-electron chi connectivity index (χ0n) is 6.60. The van der Waals surface area contributed by atoms with Crippen LogP contribution in [-0.4, -0.2) is 6.43 Å². The monoisotopic (exact) mass is 185 g/mol. The molecule has 4 heteroatoms. The van der Waals surface area contributed by atoms with E-state index in [0.717, 1.165) is 12.1 Å². The van der Waals surface area contributed by atoms with Gasteiger partial charge in [0.2, 0.25) is 6.43 Å². The summed E-state index contributed by atoms with van der Waals surface area (Å²) in [6, 6.07) is 4.97. The average molecular weight is 185 g/mol. The highest BCUT2D eigenvalue weighted by Gasteiger charge is 2.09. The van der Waals surface area contributed by atoms with Crippen molar-refractivity contribution in [1.82, 2.24) is 0 Å². The van der Waals surface area contributed by atoms with Gasteiger partial charge in [-0.05, 0) is 23.8 Å². The molecule has 1 aromatic carbocycles. The first kappa shape index (κ1) is 9.59. The first-order valence-corrected chi connectivity index (χ1v) is 3.60. The van der Waals surface area contributed by atoms with Gasteiger partial charge in [0.25, 0.3) is 0 Å². The van der Waals surface area contributed by atoms with Gasteiger partial charge >= 0.3 is 0 Å². The van der Waals surface area contributed by atoms with Crippen LogP contribution in [0.1, 0.15) is 11.1 Å². The minimum atomic E-state index is -2.56. The van der Waals surface area contributed by atoms with Crippen molar-refractivity contribution in [2.75, 3.05) is 0 Å². The number of halogens is 3. The van der Waals surface area contributed by atoms with Crippen LogP contribution in [0.3, 0.4) is 0 Å². The molecule has 0 unspecified atom stereocenters. The van der Waals surface area contributed by atoms with Gasteiger partial charge in [-0.15, -0.1) is 0 Å². The van der Waals surface area contributed by atoms with Crippen LogP contribution < -0.4 is 0 Å². The Morgan fingerprint density at radius 2 is 2.08 bits per heavy atom. The van der Waals surface area contributed by atoms with Gasteiger partial charge in [0.05, 0.1) is 11.6 Å². The number of nitriles is 1. The molecule has 0 aliphatic carbocycles. The van der Waals surface area contributed by atoms with Crippen LogP contribution in [0.25, 0.3) is 0 Å². The minimum absolute atomic E-state index is 0.0532. The topological polar surface area (TPSA) is 23.8 Å². The number of hydrogen-bond donors (Lipinski definition) is 0. The van der Waals surface area contributed by atoms with E-state index in [1.165, 1.54) is 6.07 Å². The van der Waals surface area contributed by atoms with Gasteiger partial charge in [-0.2, -0.15) is 5.26 Å². The molecule has 0 bridgehead atoms. The highest BCUT2D eigenvalue weighted by atomic mass is 19.3. The fraction of sp³-hybridized carbons (Fsp3) is 0.222. The fourth-order valence-electron chi connectivity index (χ4n) is 1.01. The zero-order valence-corrected chi connectivity index (χ0v) is 6.60. The second-order valence-electron chi connectivity index (χ2n) is 2.51. The lowest BCUT2D eigenvalue weighted by Crippen LogP contribution is -2.00. The maximum absolute atomic E-state index is 12.6. The average Bonchev–Trinajstić information content (AvgIpc) is 2.03. The number of nitrogens with zero attached hydrogens (tertiary/aromatic N) is 1. The molecule has 0 spiro atoms. The summed E-state index contributed by atoms with van der Waals surface area (Å²) in [4.78, 5) is 0. The van der Waals surface area contributed by atoms with Crippen molar-refractivity contribution < 1.29 is 13.2 Å². The van der Waals surface area contributed by atoms with E-state index in [2.05, 4.69) is 0 Å². The Morgan fingerprint density at radius 1 is 1.38 bits per heavy atom. The molecule has 0 atom stereocenters. The number of alkyl halides is 2. The quantitative estimate of drug-likeness (QED) is 0.694. The molecule has 68 valence electrons. The van der Waals surface area contributed by atoms with Gasteiger partial charge in [0.1, 0.15) is 5.82 Å². The molecule has 1 aromatic rings. The van der Waals surface area contributed by atoms with Gasteiger partial charge in [-0.1, -0.05) is 0 Å². The van der Waals surface area contributed by atoms with Crippen LogP contribution >= 0.6 is 0 Å². The Labute approximate surface area is 73.4 Å². The maximum atomic E-state index is 12.6. The molecule has 0 radical (unpaired) electrons. The molecule has 0 aromatic heterocycles. The summed E-state index contributed by atoms with van der Waals surface area (Å²) >= 11 is 0. The Kier molecular flexibility index (Phi) is 2.91. The first-order chi connectivity index (χ1) is 6.13. The van der Waals surface area contributed by atoms with Crippen molar-refractivity contribution in [2.24, 2.45) is 0 Å². The van der Waals surface area contributed by atoms with Crippen LogP contribution in [0.5, 0.6) is 0 Å². The predicted molar refractivity (Wildman–Crippen MR) is 40.8 cm³/mol. The highest BCUT2D eigenvalue weighted by Crippen LogP contribution is 2.14. The molecule has 0 aliphatic heterocycles. The molecule has 0 heterocycles. The Hall–Kier alpha value is -1.50. The van der Waals surface area contributed by atoms with Crippen LogP contribution in [0.4, 0.5) is 13.2 Å². The SMILES string of the molecule is N#Cc1ccc(F)cc1CC(F)F. The Bertz CT molecular complexity index is 341. The molecule has 0 fully saturated rings. The molecule has 0 amide bonds. The molecular weight excluding hydrogens is 179 g/mol. The predicted octanol–water partition coefficient (Wildman–Crippen LogP) is 2.50. The van der Waals surface area contributed by atoms with E-state index in [1.807, 2.05) is 0 Å². The lowest BCUT2D eigenvalue weighted by Gasteiger charge is -2.02. The van der Waals surface area contributed by atoms with Crippen LogP contribution in [0.2, 0.25) is 0 Å². The second-order valence-corrected chi connectivity index (χ2v) is 2.51. The highest BCUT2D eigenvalue weighted by molar-refractivity contribution is 5.38. The van der Waals surface area contributed by atoms with E-state index in [4.69, 9.17) is 5.26 Å². The standard InChI is InChI=1S/C9H6F3N/c10-8-2-1-6(5-13)7(3-8)4-9(11)12/h1-3,9H,4H2. The third kappa shape index (κ3) is 2.48. The van der Waals surface area contributed by atoms with E-state index in [1.54, 1.807) is 6.07 Å². The van der Waals surface area contributed by atoms with Gasteiger partial charge in [0, 0.05) is 6.42 Å². The lowest BCUT2D eigenvalue weighted by atomic mass is 10.1. The summed E-state index contributed by atoms with van der Waals surface area (Å²) in [5, 5.41) is 8.50. The minimum Gasteiger partial charge on any atom is -0.210 e. The first-order valence-electron chi connectivity index (χ1n) is 3.60. The van der Waals surface area contributed by atoms with Gasteiger partial charge in [-0.25, -0.2) is 13.2 Å². The number of hydrogen-bond acceptors (Lipinski definition) is 1. The summed E-state index contributed by atoms with van der Waals surface area (Å²) in [5.74, 6) is -0.602. The largest absolute Gasteiger partial charge is 0.242 e. The Balaban J connectivity index is 3.03. The molecule has 0 saturated heterocycles. The van der Waals surface area contributed by atoms with Gasteiger partial charge in [0.15, 0.2) is 0 Å². The summed E-state index contributed by atoms with van der Waals surface area (Å²) in [5.41, 5.74) is 0.152. The van der Waals surface area contributed by atoms with Crippen molar-refractivity contribution in [3.8, 4) is 6.07 Å². The normalized spacial score (nSPS) is 10.1. The smallest absolute Gasteiger partial charge is 0.210 e. The van der Waals surface area contributed by atoms with E-state index in [0.29, 0.717) is 0 Å². The van der Waals surface area contributed by atoms with E-state index >= 15 is 0 Å². The number of benzene rings is 1. The zero-order chi connectivity index (χ0) is 9.84. The van der Waals surface area contributed by atoms with Crippen LogP contribution in [0, 0.1) is 17.1 Å². The van der Waals surface area contributed by atoms with Gasteiger partial charge < -0.3 is 0 Å². The molecule has 0 N–H and O–H groups in total. The van der Waals surface area contributed by atoms with E-state index in [-0.39, 0.29) is 11.1 Å². The van der Waals surface area contributed by atoms with Crippen LogP contribution in [-0.2, 0) is 6.42 Å². The van der Waals surface area contributed by atoms with E-state index in [9.17, 15) is 13.2 Å². The lowest BCUT2D eigenvalue weighted by molar-refractivity contribution is 0.149. The van der Waals surface area contributed by atoms with Crippen molar-refractivity contribution >= 4 is 0 Å². The van der Waals surface area contributed by atoms with Crippen molar-refractivity contribution in [3.63, 3.8) is 0 Å².